The van der Waals surface area contributed by atoms with Gasteiger partial charge in [0.15, 0.2) is 11.5 Å². The summed E-state index contributed by atoms with van der Waals surface area (Å²) in [5.41, 5.74) is -1.12. The molecule has 2 N–H and O–H groups in total. The molecule has 5 nitrogen and oxygen atoms in total. The van der Waals surface area contributed by atoms with Crippen LogP contribution in [0.2, 0.25) is 0 Å². The molecule has 104 valence electrons. The Morgan fingerprint density at radius 1 is 1.37 bits per heavy atom. The first-order chi connectivity index (χ1) is 8.97. The van der Waals surface area contributed by atoms with Gasteiger partial charge in [0, 0.05) is 0 Å². The summed E-state index contributed by atoms with van der Waals surface area (Å²) in [5.74, 6) is -0.569. The molecule has 0 aliphatic carbocycles. The highest BCUT2D eigenvalue weighted by Crippen LogP contribution is 2.27. The summed E-state index contributed by atoms with van der Waals surface area (Å²) < 4.78 is 37.3. The molecular formula is C11H13F3N4O. The number of carbonyl (C=O) groups is 1. The van der Waals surface area contributed by atoms with Gasteiger partial charge < -0.3 is 10.6 Å². The predicted molar refractivity (Wildman–Crippen MR) is 61.3 cm³/mol. The number of rotatable bonds is 2. The number of nitrogens with one attached hydrogen (secondary N) is 2. The third kappa shape index (κ3) is 3.63. The van der Waals surface area contributed by atoms with Crippen molar-refractivity contribution in [3.05, 3.63) is 18.1 Å². The summed E-state index contributed by atoms with van der Waals surface area (Å²) >= 11 is 0. The average Bonchev–Trinajstić information content (AvgIpc) is 2.39. The van der Waals surface area contributed by atoms with Gasteiger partial charge >= 0.3 is 6.18 Å². The van der Waals surface area contributed by atoms with E-state index < -0.39 is 11.9 Å². The second-order valence-electron chi connectivity index (χ2n) is 4.28. The molecule has 1 atom stereocenters. The number of halogens is 3. The van der Waals surface area contributed by atoms with E-state index in [1.807, 2.05) is 0 Å². The Hall–Kier alpha value is -1.70. The van der Waals surface area contributed by atoms with Crippen LogP contribution in [-0.4, -0.2) is 28.5 Å². The van der Waals surface area contributed by atoms with E-state index in [0.717, 1.165) is 25.6 Å². The van der Waals surface area contributed by atoms with Crippen LogP contribution in [0, 0.1) is 0 Å². The van der Waals surface area contributed by atoms with Gasteiger partial charge in [-0.25, -0.2) is 4.98 Å². The van der Waals surface area contributed by atoms with Gasteiger partial charge in [-0.2, -0.15) is 13.2 Å². The van der Waals surface area contributed by atoms with Crippen LogP contribution in [-0.2, 0) is 11.0 Å². The molecule has 1 fully saturated rings. The first-order valence-corrected chi connectivity index (χ1v) is 5.90. The molecule has 1 unspecified atom stereocenters. The molecular weight excluding hydrogens is 261 g/mol. The van der Waals surface area contributed by atoms with Crippen LogP contribution in [0.25, 0.3) is 0 Å². The van der Waals surface area contributed by atoms with Gasteiger partial charge in [0.1, 0.15) is 0 Å². The van der Waals surface area contributed by atoms with Crippen molar-refractivity contribution in [3.8, 4) is 0 Å². The number of anilines is 1. The Morgan fingerprint density at radius 2 is 2.16 bits per heavy atom. The Balaban J connectivity index is 2.04. The molecule has 19 heavy (non-hydrogen) atoms. The van der Waals surface area contributed by atoms with Gasteiger partial charge in [0.2, 0.25) is 5.91 Å². The number of piperidine rings is 1. The van der Waals surface area contributed by atoms with Gasteiger partial charge in [-0.15, -0.1) is 0 Å². The van der Waals surface area contributed by atoms with E-state index in [4.69, 9.17) is 0 Å². The van der Waals surface area contributed by atoms with Gasteiger partial charge in [-0.1, -0.05) is 6.42 Å². The van der Waals surface area contributed by atoms with Crippen LogP contribution in [0.5, 0.6) is 0 Å². The fourth-order valence-electron chi connectivity index (χ4n) is 1.85. The van der Waals surface area contributed by atoms with Gasteiger partial charge in [0.25, 0.3) is 0 Å². The van der Waals surface area contributed by atoms with Gasteiger partial charge in [-0.05, 0) is 19.4 Å². The summed E-state index contributed by atoms with van der Waals surface area (Å²) in [6.07, 6.45) is -0.286. The summed E-state index contributed by atoms with van der Waals surface area (Å²) in [5, 5.41) is 5.35. The zero-order valence-corrected chi connectivity index (χ0v) is 10.00. The smallest absolute Gasteiger partial charge is 0.308 e. The SMILES string of the molecule is O=C(Nc1cncc(C(F)(F)F)n1)C1CCCCN1. The number of carbonyl (C=O) groups excluding carboxylic acids is 1. The molecule has 1 amide bonds. The predicted octanol–water partition coefficient (Wildman–Crippen LogP) is 1.58. The van der Waals surface area contributed by atoms with Crippen molar-refractivity contribution in [3.63, 3.8) is 0 Å². The van der Waals surface area contributed by atoms with E-state index in [-0.39, 0.29) is 17.8 Å². The van der Waals surface area contributed by atoms with Crippen LogP contribution in [0.3, 0.4) is 0 Å². The maximum absolute atomic E-state index is 12.4. The Morgan fingerprint density at radius 3 is 2.79 bits per heavy atom. The molecule has 2 heterocycles. The molecule has 0 aromatic carbocycles. The number of hydrogen-bond donors (Lipinski definition) is 2. The lowest BCUT2D eigenvalue weighted by Crippen LogP contribution is -2.43. The summed E-state index contributed by atoms with van der Waals surface area (Å²) in [6, 6.07) is -0.384. The van der Waals surface area contributed by atoms with E-state index in [0.29, 0.717) is 12.6 Å². The Bertz CT molecular complexity index is 457. The van der Waals surface area contributed by atoms with Crippen LogP contribution in [0.4, 0.5) is 19.0 Å². The molecule has 1 saturated heterocycles. The highest BCUT2D eigenvalue weighted by molar-refractivity contribution is 5.93. The lowest BCUT2D eigenvalue weighted by atomic mass is 10.0. The molecule has 2 rings (SSSR count). The Kier molecular flexibility index (Phi) is 3.98. The van der Waals surface area contributed by atoms with E-state index >= 15 is 0 Å². The number of aromatic nitrogens is 2. The minimum atomic E-state index is -4.57. The molecule has 1 aromatic rings. The van der Waals surface area contributed by atoms with Crippen molar-refractivity contribution in [2.45, 2.75) is 31.5 Å². The number of hydrogen-bond acceptors (Lipinski definition) is 4. The lowest BCUT2D eigenvalue weighted by molar-refractivity contribution is -0.141. The number of alkyl halides is 3. The summed E-state index contributed by atoms with van der Waals surface area (Å²) in [6.45, 7) is 0.729. The summed E-state index contributed by atoms with van der Waals surface area (Å²) in [7, 11) is 0. The zero-order chi connectivity index (χ0) is 13.9. The molecule has 0 spiro atoms. The largest absolute Gasteiger partial charge is 0.434 e. The molecule has 0 bridgehead atoms. The second-order valence-corrected chi connectivity index (χ2v) is 4.28. The van der Waals surface area contributed by atoms with Gasteiger partial charge in [-0.3, -0.25) is 9.78 Å². The molecule has 8 heteroatoms. The highest BCUT2D eigenvalue weighted by Gasteiger charge is 2.33. The monoisotopic (exact) mass is 274 g/mol. The van der Waals surface area contributed by atoms with Crippen LogP contribution in [0.15, 0.2) is 12.4 Å². The van der Waals surface area contributed by atoms with Crippen LogP contribution >= 0.6 is 0 Å². The minimum absolute atomic E-state index is 0.188. The van der Waals surface area contributed by atoms with Gasteiger partial charge in [0.05, 0.1) is 18.4 Å². The zero-order valence-electron chi connectivity index (χ0n) is 10.00. The molecule has 1 aliphatic heterocycles. The maximum atomic E-state index is 12.4. The first kappa shape index (κ1) is 13.7. The lowest BCUT2D eigenvalue weighted by Gasteiger charge is -2.22. The third-order valence-electron chi connectivity index (χ3n) is 2.80. The summed E-state index contributed by atoms with van der Waals surface area (Å²) in [4.78, 5) is 18.6. The fourth-order valence-corrected chi connectivity index (χ4v) is 1.85. The van der Waals surface area contributed by atoms with Crippen molar-refractivity contribution in [1.29, 1.82) is 0 Å². The third-order valence-corrected chi connectivity index (χ3v) is 2.80. The minimum Gasteiger partial charge on any atom is -0.308 e. The van der Waals surface area contributed by atoms with Crippen molar-refractivity contribution >= 4 is 11.7 Å². The van der Waals surface area contributed by atoms with Crippen LogP contribution < -0.4 is 10.6 Å². The van der Waals surface area contributed by atoms with E-state index in [2.05, 4.69) is 20.6 Å². The normalized spacial score (nSPS) is 20.1. The standard InChI is InChI=1S/C11H13F3N4O/c12-11(13,14)8-5-15-6-9(17-8)18-10(19)7-3-1-2-4-16-7/h5-7,16H,1-4H2,(H,17,18,19). The first-order valence-electron chi connectivity index (χ1n) is 5.90. The average molecular weight is 274 g/mol. The molecule has 0 saturated carbocycles. The Labute approximate surface area is 107 Å². The molecule has 1 aromatic heterocycles. The van der Waals surface area contributed by atoms with Crippen LogP contribution in [0.1, 0.15) is 25.0 Å². The quantitative estimate of drug-likeness (QED) is 0.859. The molecule has 0 radical (unpaired) electrons. The fraction of sp³-hybridized carbons (Fsp3) is 0.545. The maximum Gasteiger partial charge on any atom is 0.434 e. The van der Waals surface area contributed by atoms with Crippen molar-refractivity contribution in [2.75, 3.05) is 11.9 Å². The van der Waals surface area contributed by atoms with E-state index in [1.165, 1.54) is 0 Å². The van der Waals surface area contributed by atoms with Crippen molar-refractivity contribution in [1.82, 2.24) is 15.3 Å². The van der Waals surface area contributed by atoms with E-state index in [9.17, 15) is 18.0 Å². The number of nitrogens with zero attached hydrogens (tertiary/aromatic N) is 2. The highest BCUT2D eigenvalue weighted by atomic mass is 19.4. The van der Waals surface area contributed by atoms with Crippen molar-refractivity contribution < 1.29 is 18.0 Å². The topological polar surface area (TPSA) is 66.9 Å². The van der Waals surface area contributed by atoms with Crippen molar-refractivity contribution in [2.24, 2.45) is 0 Å². The second kappa shape index (κ2) is 5.52. The molecule has 1 aliphatic rings. The number of amides is 1. The van der Waals surface area contributed by atoms with E-state index in [1.54, 1.807) is 0 Å².